The zero-order valence-corrected chi connectivity index (χ0v) is 16.9. The Morgan fingerprint density at radius 3 is 2.54 bits per heavy atom. The largest absolute Gasteiger partial charge is 0.365 e. The predicted octanol–water partition coefficient (Wildman–Crippen LogP) is 2.77. The molecule has 0 saturated heterocycles. The minimum atomic E-state index is -0.508. The first-order valence-electron chi connectivity index (χ1n) is 9.66. The summed E-state index contributed by atoms with van der Waals surface area (Å²) >= 11 is 0. The van der Waals surface area contributed by atoms with E-state index in [4.69, 9.17) is 10.8 Å². The van der Waals surface area contributed by atoms with Gasteiger partial charge in [0.05, 0.1) is 23.3 Å². The van der Waals surface area contributed by atoms with Crippen molar-refractivity contribution in [2.75, 3.05) is 6.54 Å². The number of primary amides is 1. The van der Waals surface area contributed by atoms with E-state index >= 15 is 0 Å². The fourth-order valence-corrected chi connectivity index (χ4v) is 3.96. The predicted molar refractivity (Wildman–Crippen MR) is 107 cm³/mol. The topological polar surface area (TPSA) is 93.2 Å². The van der Waals surface area contributed by atoms with Crippen LogP contribution in [0.1, 0.15) is 55.2 Å². The van der Waals surface area contributed by atoms with E-state index in [1.807, 2.05) is 56.6 Å². The molecule has 1 fully saturated rings. The van der Waals surface area contributed by atoms with Gasteiger partial charge in [-0.3, -0.25) is 9.48 Å². The SMILES string of the molecule is Cc1cccc(-c2nn3c(c2C(N)=O)CN(C(=O)NC(C)(C)C)CC32CC2)c1. The number of nitrogens with one attached hydrogen (secondary N) is 1. The maximum Gasteiger partial charge on any atom is 0.318 e. The van der Waals surface area contributed by atoms with Gasteiger partial charge in [-0.25, -0.2) is 4.79 Å². The van der Waals surface area contributed by atoms with Gasteiger partial charge in [0, 0.05) is 17.6 Å². The molecule has 28 heavy (non-hydrogen) atoms. The number of hydrogen-bond acceptors (Lipinski definition) is 3. The van der Waals surface area contributed by atoms with E-state index in [0.29, 0.717) is 24.3 Å². The van der Waals surface area contributed by atoms with Gasteiger partial charge in [-0.1, -0.05) is 23.8 Å². The number of nitrogens with two attached hydrogens (primary N) is 1. The first-order valence-corrected chi connectivity index (χ1v) is 9.66. The summed E-state index contributed by atoms with van der Waals surface area (Å²) in [6.07, 6.45) is 1.87. The number of rotatable bonds is 2. The highest BCUT2D eigenvalue weighted by molar-refractivity contribution is 6.00. The summed E-state index contributed by atoms with van der Waals surface area (Å²) in [7, 11) is 0. The summed E-state index contributed by atoms with van der Waals surface area (Å²) in [6, 6.07) is 7.77. The molecule has 3 N–H and O–H groups in total. The van der Waals surface area contributed by atoms with Crippen molar-refractivity contribution in [1.29, 1.82) is 0 Å². The van der Waals surface area contributed by atoms with Gasteiger partial charge in [0.2, 0.25) is 0 Å². The molecule has 3 amide bonds. The number of aromatic nitrogens is 2. The minimum Gasteiger partial charge on any atom is -0.365 e. The van der Waals surface area contributed by atoms with Crippen molar-refractivity contribution in [2.24, 2.45) is 5.73 Å². The number of carbonyl (C=O) groups excluding carboxylic acids is 2. The quantitative estimate of drug-likeness (QED) is 0.838. The second-order valence-corrected chi connectivity index (χ2v) is 9.08. The van der Waals surface area contributed by atoms with Crippen molar-refractivity contribution in [1.82, 2.24) is 20.0 Å². The van der Waals surface area contributed by atoms with Crippen molar-refractivity contribution >= 4 is 11.9 Å². The Bertz CT molecular complexity index is 966. The second-order valence-electron chi connectivity index (χ2n) is 9.08. The van der Waals surface area contributed by atoms with E-state index in [0.717, 1.165) is 29.7 Å². The Morgan fingerprint density at radius 1 is 1.25 bits per heavy atom. The maximum atomic E-state index is 12.8. The van der Waals surface area contributed by atoms with Crippen molar-refractivity contribution in [3.05, 3.63) is 41.1 Å². The third-order valence-electron chi connectivity index (χ3n) is 5.39. The van der Waals surface area contributed by atoms with Gasteiger partial charge in [-0.15, -0.1) is 0 Å². The van der Waals surface area contributed by atoms with E-state index in [1.165, 1.54) is 0 Å². The fraction of sp³-hybridized carbons (Fsp3) is 0.476. The van der Waals surface area contributed by atoms with Crippen molar-refractivity contribution in [3.63, 3.8) is 0 Å². The van der Waals surface area contributed by atoms with Crippen LogP contribution in [0.4, 0.5) is 4.79 Å². The number of aryl methyl sites for hydroxylation is 1. The van der Waals surface area contributed by atoms with Crippen LogP contribution in [0, 0.1) is 6.92 Å². The standard InChI is InChI=1S/C21H27N5O2/c1-13-6-5-7-14(10-13)17-16(18(22)27)15-11-25(19(28)23-20(2,3)4)12-21(8-9-21)26(15)24-17/h5-7,10H,8-9,11-12H2,1-4H3,(H2,22,27)(H,23,28). The average molecular weight is 381 g/mol. The number of fused-ring (bicyclic) bond motifs is 2. The van der Waals surface area contributed by atoms with Crippen LogP contribution < -0.4 is 11.1 Å². The fourth-order valence-electron chi connectivity index (χ4n) is 3.96. The van der Waals surface area contributed by atoms with E-state index in [-0.39, 0.29) is 17.1 Å². The highest BCUT2D eigenvalue weighted by Crippen LogP contribution is 2.48. The Balaban J connectivity index is 1.79. The third kappa shape index (κ3) is 3.15. The number of hydrogen-bond donors (Lipinski definition) is 2. The lowest BCUT2D eigenvalue weighted by Crippen LogP contribution is -2.53. The Kier molecular flexibility index (Phi) is 4.03. The van der Waals surface area contributed by atoms with Crippen molar-refractivity contribution in [2.45, 2.75) is 58.2 Å². The highest BCUT2D eigenvalue weighted by Gasteiger charge is 2.52. The molecule has 7 nitrogen and oxygen atoms in total. The molecule has 1 spiro atoms. The van der Waals surface area contributed by atoms with E-state index in [1.54, 1.807) is 4.90 Å². The zero-order chi connectivity index (χ0) is 20.3. The molecule has 0 unspecified atom stereocenters. The summed E-state index contributed by atoms with van der Waals surface area (Å²) in [5.41, 5.74) is 8.95. The van der Waals surface area contributed by atoms with Gasteiger partial charge in [0.25, 0.3) is 5.91 Å². The Morgan fingerprint density at radius 2 is 1.96 bits per heavy atom. The molecule has 0 radical (unpaired) electrons. The lowest BCUT2D eigenvalue weighted by molar-refractivity contribution is 0.0995. The first kappa shape index (κ1) is 18.5. The Hall–Kier alpha value is -2.83. The van der Waals surface area contributed by atoms with Crippen LogP contribution in [0.2, 0.25) is 0 Å². The summed E-state index contributed by atoms with van der Waals surface area (Å²) in [5.74, 6) is -0.508. The van der Waals surface area contributed by atoms with Gasteiger partial charge in [-0.05, 0) is 46.6 Å². The van der Waals surface area contributed by atoms with Crippen molar-refractivity contribution in [3.8, 4) is 11.3 Å². The molecular weight excluding hydrogens is 354 g/mol. The average Bonchev–Trinajstić information content (AvgIpc) is 3.22. The number of amides is 3. The van der Waals surface area contributed by atoms with Gasteiger partial charge >= 0.3 is 6.03 Å². The number of benzene rings is 1. The Labute approximate surface area is 164 Å². The van der Waals surface area contributed by atoms with Gasteiger partial charge in [-0.2, -0.15) is 5.10 Å². The summed E-state index contributed by atoms with van der Waals surface area (Å²) < 4.78 is 1.96. The molecule has 148 valence electrons. The molecule has 2 aliphatic rings. The summed E-state index contributed by atoms with van der Waals surface area (Å²) in [5, 5.41) is 7.85. The number of carbonyl (C=O) groups is 2. The molecule has 0 atom stereocenters. The summed E-state index contributed by atoms with van der Waals surface area (Å²) in [4.78, 5) is 27.0. The molecular formula is C21H27N5O2. The van der Waals surface area contributed by atoms with Crippen LogP contribution in [0.15, 0.2) is 24.3 Å². The van der Waals surface area contributed by atoms with Crippen LogP contribution in [0.5, 0.6) is 0 Å². The molecule has 2 aromatic rings. The van der Waals surface area contributed by atoms with Crippen LogP contribution in [0.25, 0.3) is 11.3 Å². The normalized spacial score (nSPS) is 17.4. The lowest BCUT2D eigenvalue weighted by Gasteiger charge is -2.36. The first-order chi connectivity index (χ1) is 13.1. The molecule has 7 heteroatoms. The molecule has 0 bridgehead atoms. The van der Waals surface area contributed by atoms with Crippen LogP contribution in [-0.2, 0) is 12.1 Å². The lowest BCUT2D eigenvalue weighted by atomic mass is 10.0. The van der Waals surface area contributed by atoms with Crippen LogP contribution in [0.3, 0.4) is 0 Å². The molecule has 1 aromatic carbocycles. The molecule has 1 aliphatic carbocycles. The molecule has 1 aliphatic heterocycles. The third-order valence-corrected chi connectivity index (χ3v) is 5.39. The molecule has 1 saturated carbocycles. The smallest absolute Gasteiger partial charge is 0.318 e. The molecule has 4 rings (SSSR count). The molecule has 2 heterocycles. The van der Waals surface area contributed by atoms with E-state index in [9.17, 15) is 9.59 Å². The minimum absolute atomic E-state index is 0.126. The van der Waals surface area contributed by atoms with Gasteiger partial charge in [0.15, 0.2) is 0 Å². The van der Waals surface area contributed by atoms with Gasteiger partial charge in [0.1, 0.15) is 5.69 Å². The van der Waals surface area contributed by atoms with Crippen LogP contribution in [-0.4, -0.2) is 38.7 Å². The van der Waals surface area contributed by atoms with E-state index < -0.39 is 5.91 Å². The zero-order valence-electron chi connectivity index (χ0n) is 16.9. The highest BCUT2D eigenvalue weighted by atomic mass is 16.2. The van der Waals surface area contributed by atoms with Crippen LogP contribution >= 0.6 is 0 Å². The maximum absolute atomic E-state index is 12.8. The second kappa shape index (κ2) is 6.09. The molecule has 1 aromatic heterocycles. The van der Waals surface area contributed by atoms with Crippen molar-refractivity contribution < 1.29 is 9.59 Å². The van der Waals surface area contributed by atoms with E-state index in [2.05, 4.69) is 5.32 Å². The number of urea groups is 1. The number of nitrogens with zero attached hydrogens (tertiary/aromatic N) is 3. The summed E-state index contributed by atoms with van der Waals surface area (Å²) in [6.45, 7) is 8.78. The monoisotopic (exact) mass is 381 g/mol. The van der Waals surface area contributed by atoms with Gasteiger partial charge < -0.3 is 16.0 Å².